The standard InChI is InChI=1S/C12H23NO/c13-11(9-10-4-5-10)6-7-12-3-1-2-8-14-12/h10-12H,1-9,13H2. The van der Waals surface area contributed by atoms with E-state index in [-0.39, 0.29) is 0 Å². The molecular formula is C12H23NO. The zero-order valence-electron chi connectivity index (χ0n) is 9.08. The van der Waals surface area contributed by atoms with Crippen LogP contribution in [0.4, 0.5) is 0 Å². The molecule has 14 heavy (non-hydrogen) atoms. The van der Waals surface area contributed by atoms with Crippen molar-refractivity contribution in [1.29, 1.82) is 0 Å². The Balaban J connectivity index is 1.55. The lowest BCUT2D eigenvalue weighted by atomic mass is 9.99. The second kappa shape index (κ2) is 5.13. The molecule has 2 N–H and O–H groups in total. The van der Waals surface area contributed by atoms with Gasteiger partial charge in [0, 0.05) is 12.6 Å². The molecule has 82 valence electrons. The van der Waals surface area contributed by atoms with E-state index in [2.05, 4.69) is 0 Å². The Labute approximate surface area is 87.2 Å². The molecule has 2 unspecified atom stereocenters. The Morgan fingerprint density at radius 3 is 2.71 bits per heavy atom. The van der Waals surface area contributed by atoms with Gasteiger partial charge in [-0.2, -0.15) is 0 Å². The zero-order chi connectivity index (χ0) is 9.80. The van der Waals surface area contributed by atoms with E-state index in [1.807, 2.05) is 0 Å². The highest BCUT2D eigenvalue weighted by Crippen LogP contribution is 2.34. The lowest BCUT2D eigenvalue weighted by Gasteiger charge is -2.23. The zero-order valence-corrected chi connectivity index (χ0v) is 9.08. The Morgan fingerprint density at radius 1 is 1.21 bits per heavy atom. The van der Waals surface area contributed by atoms with Gasteiger partial charge in [-0.05, 0) is 44.4 Å². The van der Waals surface area contributed by atoms with Crippen molar-refractivity contribution in [2.45, 2.75) is 63.5 Å². The van der Waals surface area contributed by atoms with Crippen LogP contribution in [0.5, 0.6) is 0 Å². The van der Waals surface area contributed by atoms with Crippen LogP contribution >= 0.6 is 0 Å². The van der Waals surface area contributed by atoms with Crippen molar-refractivity contribution >= 4 is 0 Å². The summed E-state index contributed by atoms with van der Waals surface area (Å²) in [5.74, 6) is 0.970. The highest BCUT2D eigenvalue weighted by molar-refractivity contribution is 4.79. The van der Waals surface area contributed by atoms with Gasteiger partial charge in [-0.25, -0.2) is 0 Å². The highest BCUT2D eigenvalue weighted by atomic mass is 16.5. The number of nitrogens with two attached hydrogens (primary N) is 1. The van der Waals surface area contributed by atoms with E-state index < -0.39 is 0 Å². The molecule has 1 aliphatic heterocycles. The first kappa shape index (κ1) is 10.4. The maximum Gasteiger partial charge on any atom is 0.0575 e. The normalized spacial score (nSPS) is 30.2. The quantitative estimate of drug-likeness (QED) is 0.735. The van der Waals surface area contributed by atoms with Crippen molar-refractivity contribution in [3.05, 3.63) is 0 Å². The molecule has 1 heterocycles. The van der Waals surface area contributed by atoms with Crippen molar-refractivity contribution in [3.8, 4) is 0 Å². The molecular weight excluding hydrogens is 174 g/mol. The number of hydrogen-bond acceptors (Lipinski definition) is 2. The van der Waals surface area contributed by atoms with Gasteiger partial charge in [0.05, 0.1) is 6.10 Å². The van der Waals surface area contributed by atoms with Crippen LogP contribution in [-0.4, -0.2) is 18.8 Å². The van der Waals surface area contributed by atoms with Gasteiger partial charge in [-0.1, -0.05) is 12.8 Å². The predicted molar refractivity (Wildman–Crippen MR) is 58.1 cm³/mol. The summed E-state index contributed by atoms with van der Waals surface area (Å²) < 4.78 is 5.69. The first-order valence-electron chi connectivity index (χ1n) is 6.22. The van der Waals surface area contributed by atoms with Crippen LogP contribution in [0, 0.1) is 5.92 Å². The fourth-order valence-electron chi connectivity index (χ4n) is 2.33. The van der Waals surface area contributed by atoms with E-state index in [9.17, 15) is 0 Å². The first-order chi connectivity index (χ1) is 6.84. The summed E-state index contributed by atoms with van der Waals surface area (Å²) in [4.78, 5) is 0. The molecule has 0 spiro atoms. The Bertz CT molecular complexity index is 162. The van der Waals surface area contributed by atoms with Gasteiger partial charge < -0.3 is 10.5 Å². The van der Waals surface area contributed by atoms with Crippen molar-refractivity contribution < 1.29 is 4.74 Å². The Hall–Kier alpha value is -0.0800. The molecule has 0 aromatic rings. The second-order valence-electron chi connectivity index (χ2n) is 5.01. The third kappa shape index (κ3) is 3.58. The van der Waals surface area contributed by atoms with E-state index in [1.54, 1.807) is 0 Å². The summed E-state index contributed by atoms with van der Waals surface area (Å²) in [6.07, 6.45) is 10.8. The monoisotopic (exact) mass is 197 g/mol. The smallest absolute Gasteiger partial charge is 0.0575 e. The third-order valence-electron chi connectivity index (χ3n) is 3.47. The minimum Gasteiger partial charge on any atom is -0.378 e. The van der Waals surface area contributed by atoms with Crippen LogP contribution in [0.25, 0.3) is 0 Å². The third-order valence-corrected chi connectivity index (χ3v) is 3.47. The molecule has 0 bridgehead atoms. The van der Waals surface area contributed by atoms with Gasteiger partial charge in [0.15, 0.2) is 0 Å². The van der Waals surface area contributed by atoms with E-state index in [1.165, 1.54) is 51.4 Å². The van der Waals surface area contributed by atoms with Crippen LogP contribution < -0.4 is 5.73 Å². The van der Waals surface area contributed by atoms with Crippen LogP contribution in [-0.2, 0) is 4.74 Å². The maximum atomic E-state index is 6.08. The van der Waals surface area contributed by atoms with Gasteiger partial charge in [-0.3, -0.25) is 0 Å². The SMILES string of the molecule is NC(CCC1CCCCO1)CC1CC1. The minimum atomic E-state index is 0.438. The van der Waals surface area contributed by atoms with Gasteiger partial charge in [0.1, 0.15) is 0 Å². The topological polar surface area (TPSA) is 35.2 Å². The summed E-state index contributed by atoms with van der Waals surface area (Å²) in [5, 5.41) is 0. The molecule has 2 nitrogen and oxygen atoms in total. The van der Waals surface area contributed by atoms with Crippen LogP contribution in [0.2, 0.25) is 0 Å². The predicted octanol–water partition coefficient (Wildman–Crippen LogP) is 2.46. The highest BCUT2D eigenvalue weighted by Gasteiger charge is 2.24. The molecule has 1 saturated heterocycles. The molecule has 2 heteroatoms. The van der Waals surface area contributed by atoms with E-state index in [0.717, 1.165) is 12.5 Å². The lowest BCUT2D eigenvalue weighted by Crippen LogP contribution is -2.25. The molecule has 0 aromatic carbocycles. The van der Waals surface area contributed by atoms with E-state index in [0.29, 0.717) is 12.1 Å². The number of ether oxygens (including phenoxy) is 1. The Morgan fingerprint density at radius 2 is 2.07 bits per heavy atom. The molecule has 2 atom stereocenters. The molecule has 1 aliphatic carbocycles. The maximum absolute atomic E-state index is 6.08. The molecule has 2 fully saturated rings. The van der Waals surface area contributed by atoms with Crippen LogP contribution in [0.15, 0.2) is 0 Å². The minimum absolute atomic E-state index is 0.438. The van der Waals surface area contributed by atoms with Gasteiger partial charge in [-0.15, -0.1) is 0 Å². The lowest BCUT2D eigenvalue weighted by molar-refractivity contribution is 0.00897. The molecule has 0 amide bonds. The van der Waals surface area contributed by atoms with Gasteiger partial charge in [0.25, 0.3) is 0 Å². The van der Waals surface area contributed by atoms with Crippen LogP contribution in [0.3, 0.4) is 0 Å². The van der Waals surface area contributed by atoms with E-state index >= 15 is 0 Å². The summed E-state index contributed by atoms with van der Waals surface area (Å²) in [6.45, 7) is 0.975. The number of hydrogen-bond donors (Lipinski definition) is 1. The molecule has 2 aliphatic rings. The fraction of sp³-hybridized carbons (Fsp3) is 1.00. The van der Waals surface area contributed by atoms with E-state index in [4.69, 9.17) is 10.5 Å². The van der Waals surface area contributed by atoms with Crippen LogP contribution in [0.1, 0.15) is 51.4 Å². The van der Waals surface area contributed by atoms with Crippen molar-refractivity contribution in [2.24, 2.45) is 11.7 Å². The van der Waals surface area contributed by atoms with Crippen molar-refractivity contribution in [3.63, 3.8) is 0 Å². The molecule has 0 aromatic heterocycles. The fourth-order valence-corrected chi connectivity index (χ4v) is 2.33. The second-order valence-corrected chi connectivity index (χ2v) is 5.01. The average Bonchev–Trinajstić information content (AvgIpc) is 3.00. The largest absolute Gasteiger partial charge is 0.378 e. The average molecular weight is 197 g/mol. The van der Waals surface area contributed by atoms with Crippen molar-refractivity contribution in [2.75, 3.05) is 6.61 Å². The van der Waals surface area contributed by atoms with Gasteiger partial charge >= 0.3 is 0 Å². The summed E-state index contributed by atoms with van der Waals surface area (Å²) in [7, 11) is 0. The summed E-state index contributed by atoms with van der Waals surface area (Å²) in [6, 6.07) is 0.438. The molecule has 1 saturated carbocycles. The Kier molecular flexibility index (Phi) is 3.82. The van der Waals surface area contributed by atoms with Crippen molar-refractivity contribution in [1.82, 2.24) is 0 Å². The number of rotatable bonds is 5. The molecule has 0 radical (unpaired) electrons. The summed E-state index contributed by atoms with van der Waals surface area (Å²) >= 11 is 0. The molecule has 2 rings (SSSR count). The summed E-state index contributed by atoms with van der Waals surface area (Å²) in [5.41, 5.74) is 6.08. The first-order valence-corrected chi connectivity index (χ1v) is 6.22. The van der Waals surface area contributed by atoms with Gasteiger partial charge in [0.2, 0.25) is 0 Å².